The summed E-state index contributed by atoms with van der Waals surface area (Å²) in [6.07, 6.45) is 1.86. The molecule has 1 aliphatic rings. The van der Waals surface area contributed by atoms with E-state index in [-0.39, 0.29) is 0 Å². The molecule has 0 N–H and O–H groups in total. The van der Waals surface area contributed by atoms with Crippen molar-refractivity contribution in [1.29, 1.82) is 0 Å². The zero-order valence-corrected chi connectivity index (χ0v) is 13.9. The number of hydrogen-bond donors (Lipinski definition) is 0. The van der Waals surface area contributed by atoms with Crippen LogP contribution in [0.15, 0.2) is 42.6 Å². The zero-order valence-electron chi connectivity index (χ0n) is 12.4. The highest BCUT2D eigenvalue weighted by atomic mass is 35.5. The third kappa shape index (κ3) is 4.20. The van der Waals surface area contributed by atoms with Crippen LogP contribution in [0.3, 0.4) is 0 Å². The van der Waals surface area contributed by atoms with Gasteiger partial charge in [0.2, 0.25) is 0 Å². The maximum atomic E-state index is 6.08. The molecule has 1 aromatic heterocycles. The van der Waals surface area contributed by atoms with Crippen LogP contribution in [0.25, 0.3) is 0 Å². The van der Waals surface area contributed by atoms with Gasteiger partial charge in [-0.25, -0.2) is 0 Å². The molecule has 2 heterocycles. The molecule has 0 radical (unpaired) electrons. The van der Waals surface area contributed by atoms with E-state index in [1.807, 2.05) is 30.5 Å². The van der Waals surface area contributed by atoms with Crippen molar-refractivity contribution in [2.75, 3.05) is 26.2 Å². The summed E-state index contributed by atoms with van der Waals surface area (Å²) in [5.41, 5.74) is 2.35. The first-order chi connectivity index (χ1) is 10.7. The van der Waals surface area contributed by atoms with Crippen LogP contribution in [0.4, 0.5) is 0 Å². The number of aromatic nitrogens is 1. The van der Waals surface area contributed by atoms with Crippen molar-refractivity contribution in [3.63, 3.8) is 0 Å². The fourth-order valence-electron chi connectivity index (χ4n) is 2.72. The van der Waals surface area contributed by atoms with Crippen molar-refractivity contribution in [3.8, 4) is 0 Å². The molecule has 116 valence electrons. The second kappa shape index (κ2) is 7.42. The molecule has 0 spiro atoms. The van der Waals surface area contributed by atoms with Gasteiger partial charge in [0.25, 0.3) is 0 Å². The van der Waals surface area contributed by atoms with Crippen molar-refractivity contribution in [3.05, 3.63) is 63.9 Å². The molecule has 0 bridgehead atoms. The molecule has 1 aromatic carbocycles. The number of benzene rings is 1. The lowest BCUT2D eigenvalue weighted by Gasteiger charge is -2.34. The molecule has 22 heavy (non-hydrogen) atoms. The minimum absolute atomic E-state index is 0.616. The first-order valence-corrected chi connectivity index (χ1v) is 8.25. The second-order valence-electron chi connectivity index (χ2n) is 5.62. The van der Waals surface area contributed by atoms with Crippen LogP contribution in [0, 0.1) is 0 Å². The molecule has 0 aliphatic carbocycles. The predicted molar refractivity (Wildman–Crippen MR) is 91.3 cm³/mol. The standard InChI is InChI=1S/C17H19Cl2N3/c18-16-5-4-14(11-17(16)19)12-21-7-9-22(10-8-21)13-15-3-1-2-6-20-15/h1-6,11H,7-10,12-13H2. The van der Waals surface area contributed by atoms with Gasteiger partial charge in [0.15, 0.2) is 0 Å². The molecule has 3 nitrogen and oxygen atoms in total. The van der Waals surface area contributed by atoms with Crippen molar-refractivity contribution >= 4 is 23.2 Å². The van der Waals surface area contributed by atoms with Crippen LogP contribution in [0.2, 0.25) is 10.0 Å². The van der Waals surface area contributed by atoms with Crippen LogP contribution < -0.4 is 0 Å². The van der Waals surface area contributed by atoms with Crippen molar-refractivity contribution in [2.45, 2.75) is 13.1 Å². The molecule has 1 aliphatic heterocycles. The lowest BCUT2D eigenvalue weighted by Crippen LogP contribution is -2.45. The van der Waals surface area contributed by atoms with E-state index in [9.17, 15) is 0 Å². The summed E-state index contributed by atoms with van der Waals surface area (Å²) < 4.78 is 0. The van der Waals surface area contributed by atoms with Gasteiger partial charge in [-0.3, -0.25) is 14.8 Å². The Hall–Kier alpha value is -1.13. The predicted octanol–water partition coefficient (Wildman–Crippen LogP) is 3.71. The van der Waals surface area contributed by atoms with Gasteiger partial charge in [-0.05, 0) is 29.8 Å². The molecule has 0 unspecified atom stereocenters. The van der Waals surface area contributed by atoms with Crippen molar-refractivity contribution in [1.82, 2.24) is 14.8 Å². The second-order valence-corrected chi connectivity index (χ2v) is 6.44. The Morgan fingerprint density at radius 2 is 1.59 bits per heavy atom. The van der Waals surface area contributed by atoms with Crippen molar-refractivity contribution < 1.29 is 0 Å². The zero-order chi connectivity index (χ0) is 15.4. The number of pyridine rings is 1. The first-order valence-electron chi connectivity index (χ1n) is 7.49. The third-order valence-corrected chi connectivity index (χ3v) is 4.71. The van der Waals surface area contributed by atoms with Crippen LogP contribution in [0.5, 0.6) is 0 Å². The summed E-state index contributed by atoms with van der Waals surface area (Å²) in [7, 11) is 0. The maximum absolute atomic E-state index is 6.08. The lowest BCUT2D eigenvalue weighted by molar-refractivity contribution is 0.121. The molecule has 2 aromatic rings. The Kier molecular flexibility index (Phi) is 5.32. The maximum Gasteiger partial charge on any atom is 0.0595 e. The van der Waals surface area contributed by atoms with E-state index in [4.69, 9.17) is 23.2 Å². The monoisotopic (exact) mass is 335 g/mol. The minimum atomic E-state index is 0.616. The van der Waals surface area contributed by atoms with Crippen LogP contribution >= 0.6 is 23.2 Å². The Balaban J connectivity index is 1.50. The highest BCUT2D eigenvalue weighted by Crippen LogP contribution is 2.23. The van der Waals surface area contributed by atoms with Gasteiger partial charge >= 0.3 is 0 Å². The summed E-state index contributed by atoms with van der Waals surface area (Å²) in [6, 6.07) is 12.0. The SMILES string of the molecule is Clc1ccc(CN2CCN(Cc3ccccn3)CC2)cc1Cl. The fraction of sp³-hybridized carbons (Fsp3) is 0.353. The Morgan fingerprint density at radius 1 is 0.864 bits per heavy atom. The number of rotatable bonds is 4. The minimum Gasteiger partial charge on any atom is -0.297 e. The Labute approximate surface area is 141 Å². The average molecular weight is 336 g/mol. The molecular formula is C17H19Cl2N3. The molecule has 3 rings (SSSR count). The fourth-order valence-corrected chi connectivity index (χ4v) is 3.04. The molecule has 1 saturated heterocycles. The van der Waals surface area contributed by atoms with Crippen LogP contribution in [0.1, 0.15) is 11.3 Å². The van der Waals surface area contributed by atoms with E-state index in [1.165, 1.54) is 5.56 Å². The van der Waals surface area contributed by atoms with E-state index < -0.39 is 0 Å². The Bertz CT molecular complexity index is 611. The van der Waals surface area contributed by atoms with E-state index in [2.05, 4.69) is 26.9 Å². The average Bonchev–Trinajstić information content (AvgIpc) is 2.54. The first kappa shape index (κ1) is 15.8. The van der Waals surface area contributed by atoms with E-state index in [1.54, 1.807) is 0 Å². The van der Waals surface area contributed by atoms with Gasteiger partial charge < -0.3 is 0 Å². The van der Waals surface area contributed by atoms with Gasteiger partial charge in [-0.1, -0.05) is 35.3 Å². The summed E-state index contributed by atoms with van der Waals surface area (Å²) in [5, 5.41) is 1.25. The highest BCUT2D eigenvalue weighted by Gasteiger charge is 2.17. The van der Waals surface area contributed by atoms with E-state index in [0.717, 1.165) is 45.0 Å². The Morgan fingerprint density at radius 3 is 2.23 bits per heavy atom. The smallest absolute Gasteiger partial charge is 0.0595 e. The molecule has 5 heteroatoms. The van der Waals surface area contributed by atoms with Gasteiger partial charge in [0, 0.05) is 45.5 Å². The van der Waals surface area contributed by atoms with Crippen LogP contribution in [-0.2, 0) is 13.1 Å². The summed E-state index contributed by atoms with van der Waals surface area (Å²) >= 11 is 12.0. The molecule has 1 fully saturated rings. The van der Waals surface area contributed by atoms with Gasteiger partial charge in [0.05, 0.1) is 15.7 Å². The molecule has 0 atom stereocenters. The summed E-state index contributed by atoms with van der Waals surface area (Å²) in [6.45, 7) is 6.12. The normalized spacial score (nSPS) is 16.8. The van der Waals surface area contributed by atoms with E-state index >= 15 is 0 Å². The lowest BCUT2D eigenvalue weighted by atomic mass is 10.2. The van der Waals surface area contributed by atoms with Gasteiger partial charge in [-0.2, -0.15) is 0 Å². The number of halogens is 2. The quantitative estimate of drug-likeness (QED) is 0.849. The van der Waals surface area contributed by atoms with Crippen LogP contribution in [-0.4, -0.2) is 41.0 Å². The largest absolute Gasteiger partial charge is 0.297 e. The highest BCUT2D eigenvalue weighted by molar-refractivity contribution is 6.42. The summed E-state index contributed by atoms with van der Waals surface area (Å²) in [4.78, 5) is 9.30. The topological polar surface area (TPSA) is 19.4 Å². The summed E-state index contributed by atoms with van der Waals surface area (Å²) in [5.74, 6) is 0. The number of nitrogens with zero attached hydrogens (tertiary/aromatic N) is 3. The molecule has 0 saturated carbocycles. The van der Waals surface area contributed by atoms with Gasteiger partial charge in [0.1, 0.15) is 0 Å². The molecule has 0 amide bonds. The van der Waals surface area contributed by atoms with Crippen molar-refractivity contribution in [2.24, 2.45) is 0 Å². The number of piperazine rings is 1. The van der Waals surface area contributed by atoms with Gasteiger partial charge in [-0.15, -0.1) is 0 Å². The number of hydrogen-bond acceptors (Lipinski definition) is 3. The van der Waals surface area contributed by atoms with E-state index in [0.29, 0.717) is 10.0 Å². The molecular weight excluding hydrogens is 317 g/mol. The third-order valence-electron chi connectivity index (χ3n) is 3.97.